The molecule has 1 aromatic carbocycles. The van der Waals surface area contributed by atoms with Gasteiger partial charge in [0.05, 0.1) is 11.5 Å². The molecule has 0 saturated heterocycles. The molecule has 0 fully saturated rings. The number of hydrogen-bond donors (Lipinski definition) is 1. The summed E-state index contributed by atoms with van der Waals surface area (Å²) in [5, 5.41) is 18.1. The zero-order valence-electron chi connectivity index (χ0n) is 15.3. The van der Waals surface area contributed by atoms with Gasteiger partial charge in [-0.15, -0.1) is 0 Å². The molecule has 1 aromatic heterocycles. The van der Waals surface area contributed by atoms with E-state index in [1.54, 1.807) is 0 Å². The van der Waals surface area contributed by atoms with Gasteiger partial charge in [0.1, 0.15) is 18.3 Å². The molecule has 1 N–H and O–H groups in total. The first-order valence-corrected chi connectivity index (χ1v) is 8.67. The first kappa shape index (κ1) is 20.0. The number of amides is 2. The Bertz CT molecular complexity index is 806. The van der Waals surface area contributed by atoms with Crippen LogP contribution in [-0.2, 0) is 4.79 Å². The van der Waals surface area contributed by atoms with Crippen molar-refractivity contribution in [3.8, 4) is 5.69 Å². The molecule has 27 heavy (non-hydrogen) atoms. The number of benzene rings is 1. The predicted octanol–water partition coefficient (Wildman–Crippen LogP) is 1.55. The second kappa shape index (κ2) is 9.41. The Kier molecular flexibility index (Phi) is 6.98. The van der Waals surface area contributed by atoms with Crippen molar-refractivity contribution in [3.63, 3.8) is 0 Å². The summed E-state index contributed by atoms with van der Waals surface area (Å²) in [5.41, 5.74) is 0.0809. The highest BCUT2D eigenvalue weighted by Crippen LogP contribution is 2.24. The van der Waals surface area contributed by atoms with Gasteiger partial charge >= 0.3 is 0 Å². The summed E-state index contributed by atoms with van der Waals surface area (Å²) >= 11 is 0. The molecular weight excluding hydrogens is 352 g/mol. The van der Waals surface area contributed by atoms with Gasteiger partial charge in [0.25, 0.3) is 11.6 Å². The number of rotatable bonds is 9. The van der Waals surface area contributed by atoms with Crippen LogP contribution in [0, 0.1) is 10.1 Å². The minimum absolute atomic E-state index is 0.0920. The third-order valence-electron chi connectivity index (χ3n) is 3.77. The molecule has 0 spiro atoms. The summed E-state index contributed by atoms with van der Waals surface area (Å²) in [7, 11) is 0. The Hall–Kier alpha value is -3.30. The van der Waals surface area contributed by atoms with Crippen molar-refractivity contribution in [1.29, 1.82) is 0 Å². The van der Waals surface area contributed by atoms with Crippen LogP contribution in [0.3, 0.4) is 0 Å². The molecule has 10 heteroatoms. The van der Waals surface area contributed by atoms with E-state index in [0.717, 1.165) is 6.42 Å². The van der Waals surface area contributed by atoms with Crippen molar-refractivity contribution in [2.45, 2.75) is 26.7 Å². The van der Waals surface area contributed by atoms with Gasteiger partial charge in [-0.25, -0.2) is 9.67 Å². The fraction of sp³-hybridized carbons (Fsp3) is 0.412. The number of nitrogens with one attached hydrogen (secondary N) is 1. The number of nitro benzene ring substituents is 1. The van der Waals surface area contributed by atoms with Crippen LogP contribution in [0.1, 0.15) is 37.0 Å². The van der Waals surface area contributed by atoms with Crippen LogP contribution >= 0.6 is 0 Å². The van der Waals surface area contributed by atoms with Crippen molar-refractivity contribution in [2.75, 3.05) is 19.6 Å². The Morgan fingerprint density at radius 2 is 2.07 bits per heavy atom. The van der Waals surface area contributed by atoms with E-state index in [9.17, 15) is 19.7 Å². The maximum atomic E-state index is 12.8. The third-order valence-corrected chi connectivity index (χ3v) is 3.77. The molecule has 144 valence electrons. The van der Waals surface area contributed by atoms with Gasteiger partial charge in [-0.3, -0.25) is 19.7 Å². The van der Waals surface area contributed by atoms with Gasteiger partial charge in [-0.2, -0.15) is 5.10 Å². The number of nitro groups is 1. The summed E-state index contributed by atoms with van der Waals surface area (Å²) in [4.78, 5) is 40.8. The van der Waals surface area contributed by atoms with Gasteiger partial charge in [-0.05, 0) is 25.0 Å². The Morgan fingerprint density at radius 1 is 1.30 bits per heavy atom. The van der Waals surface area contributed by atoms with Gasteiger partial charge in [-0.1, -0.05) is 13.8 Å². The van der Waals surface area contributed by atoms with Crippen molar-refractivity contribution >= 4 is 17.5 Å². The van der Waals surface area contributed by atoms with E-state index >= 15 is 0 Å². The number of nitrogens with zero attached hydrogens (tertiary/aromatic N) is 5. The molecule has 2 aromatic rings. The highest BCUT2D eigenvalue weighted by atomic mass is 16.6. The molecule has 0 aliphatic carbocycles. The van der Waals surface area contributed by atoms with E-state index in [2.05, 4.69) is 15.4 Å². The van der Waals surface area contributed by atoms with Crippen LogP contribution in [0.2, 0.25) is 0 Å². The topological polar surface area (TPSA) is 123 Å². The molecule has 1 heterocycles. The summed E-state index contributed by atoms with van der Waals surface area (Å²) in [6.07, 6.45) is 4.06. The average molecular weight is 374 g/mol. The van der Waals surface area contributed by atoms with E-state index in [1.807, 2.05) is 13.8 Å². The number of carbonyl (C=O) groups excluding carboxylic acids is 2. The van der Waals surface area contributed by atoms with Gasteiger partial charge in [0.2, 0.25) is 5.91 Å². The highest BCUT2D eigenvalue weighted by Gasteiger charge is 2.23. The quantitative estimate of drug-likeness (QED) is 0.525. The molecule has 0 saturated carbocycles. The average Bonchev–Trinajstić information content (AvgIpc) is 3.19. The molecule has 10 nitrogen and oxygen atoms in total. The van der Waals surface area contributed by atoms with Crippen LogP contribution in [0.25, 0.3) is 5.69 Å². The molecule has 0 bridgehead atoms. The molecule has 0 unspecified atom stereocenters. The standard InChI is InChI=1S/C17H22N6O4/c1-3-7-19-16(24)10-21(8-4-2)17(25)13-5-6-14(15(9-13)23(26)27)22-12-18-11-20-22/h5-6,9,11-12H,3-4,7-8,10H2,1-2H3,(H,19,24). The lowest BCUT2D eigenvalue weighted by Crippen LogP contribution is -2.41. The van der Waals surface area contributed by atoms with Crippen molar-refractivity contribution in [1.82, 2.24) is 25.0 Å². The Morgan fingerprint density at radius 3 is 2.67 bits per heavy atom. The minimum atomic E-state index is -0.577. The van der Waals surface area contributed by atoms with E-state index in [4.69, 9.17) is 0 Å². The van der Waals surface area contributed by atoms with Crippen LogP contribution < -0.4 is 5.32 Å². The van der Waals surface area contributed by atoms with Gasteiger partial charge in [0.15, 0.2) is 0 Å². The lowest BCUT2D eigenvalue weighted by atomic mass is 10.1. The third kappa shape index (κ3) is 5.09. The molecule has 2 amide bonds. The minimum Gasteiger partial charge on any atom is -0.355 e. The SMILES string of the molecule is CCCNC(=O)CN(CCC)C(=O)c1ccc(-n2cncn2)c([N+](=O)[O-])c1. The lowest BCUT2D eigenvalue weighted by Gasteiger charge is -2.21. The summed E-state index contributed by atoms with van der Waals surface area (Å²) in [5.74, 6) is -0.691. The summed E-state index contributed by atoms with van der Waals surface area (Å²) in [6.45, 7) is 4.64. The zero-order chi connectivity index (χ0) is 19.8. The monoisotopic (exact) mass is 374 g/mol. The van der Waals surface area contributed by atoms with Crippen molar-refractivity contribution < 1.29 is 14.5 Å². The summed E-state index contributed by atoms with van der Waals surface area (Å²) in [6, 6.07) is 4.13. The van der Waals surface area contributed by atoms with Crippen LogP contribution in [0.15, 0.2) is 30.9 Å². The molecular formula is C17H22N6O4. The fourth-order valence-electron chi connectivity index (χ4n) is 2.53. The molecule has 0 aliphatic rings. The lowest BCUT2D eigenvalue weighted by molar-refractivity contribution is -0.384. The fourth-order valence-corrected chi connectivity index (χ4v) is 2.53. The maximum absolute atomic E-state index is 12.8. The first-order chi connectivity index (χ1) is 13.0. The molecule has 0 aliphatic heterocycles. The van der Waals surface area contributed by atoms with Crippen LogP contribution in [0.5, 0.6) is 0 Å². The smallest absolute Gasteiger partial charge is 0.295 e. The second-order valence-electron chi connectivity index (χ2n) is 5.88. The van der Waals surface area contributed by atoms with Crippen LogP contribution in [-0.4, -0.2) is 56.0 Å². The number of hydrogen-bond acceptors (Lipinski definition) is 6. The second-order valence-corrected chi connectivity index (χ2v) is 5.88. The Balaban J connectivity index is 2.28. The zero-order valence-corrected chi connectivity index (χ0v) is 15.3. The largest absolute Gasteiger partial charge is 0.355 e. The van der Waals surface area contributed by atoms with E-state index < -0.39 is 10.8 Å². The van der Waals surface area contributed by atoms with E-state index in [-0.39, 0.29) is 29.4 Å². The highest BCUT2D eigenvalue weighted by molar-refractivity contribution is 5.97. The van der Waals surface area contributed by atoms with E-state index in [0.29, 0.717) is 19.5 Å². The molecule has 0 radical (unpaired) electrons. The molecule has 0 atom stereocenters. The predicted molar refractivity (Wildman–Crippen MR) is 97.5 cm³/mol. The van der Waals surface area contributed by atoms with E-state index in [1.165, 1.54) is 40.4 Å². The van der Waals surface area contributed by atoms with Gasteiger partial charge < -0.3 is 10.2 Å². The van der Waals surface area contributed by atoms with Gasteiger partial charge in [0, 0.05) is 24.7 Å². The van der Waals surface area contributed by atoms with Crippen molar-refractivity contribution in [3.05, 3.63) is 46.5 Å². The number of aromatic nitrogens is 3. The number of carbonyl (C=O) groups is 2. The maximum Gasteiger partial charge on any atom is 0.295 e. The summed E-state index contributed by atoms with van der Waals surface area (Å²) < 4.78 is 1.26. The normalized spacial score (nSPS) is 10.4. The molecule has 2 rings (SSSR count). The first-order valence-electron chi connectivity index (χ1n) is 8.67. The van der Waals surface area contributed by atoms with Crippen molar-refractivity contribution in [2.24, 2.45) is 0 Å². The Labute approximate surface area is 156 Å². The van der Waals surface area contributed by atoms with Crippen LogP contribution in [0.4, 0.5) is 5.69 Å².